The fourth-order valence-electron chi connectivity index (χ4n) is 1.32. The molecule has 0 aromatic carbocycles. The molecule has 0 fully saturated rings. The summed E-state index contributed by atoms with van der Waals surface area (Å²) in [5, 5.41) is 9.02. The van der Waals surface area contributed by atoms with Gasteiger partial charge in [-0.05, 0) is 13.8 Å². The zero-order valence-electron chi connectivity index (χ0n) is 10.9. The average molecular weight is 273 g/mol. The van der Waals surface area contributed by atoms with E-state index in [-0.39, 0.29) is 0 Å². The van der Waals surface area contributed by atoms with Gasteiger partial charge in [-0.15, -0.1) is 0 Å². The fraction of sp³-hybridized carbons (Fsp3) is 1.00. The highest BCUT2D eigenvalue weighted by Crippen LogP contribution is 2.20. The van der Waals surface area contributed by atoms with Gasteiger partial charge in [0.15, 0.2) is 6.10 Å². The summed E-state index contributed by atoms with van der Waals surface area (Å²) in [4.78, 5) is 1.49. The molecule has 0 heterocycles. The lowest BCUT2D eigenvalue weighted by atomic mass is 10.3. The first-order chi connectivity index (χ1) is 8.41. The third-order valence-electron chi connectivity index (χ3n) is 2.32. The van der Waals surface area contributed by atoms with Gasteiger partial charge in [0.25, 0.3) is 0 Å². The first kappa shape index (κ1) is 17.6. The molecule has 0 radical (unpaired) electrons. The Morgan fingerprint density at radius 3 is 1.83 bits per heavy atom. The average Bonchev–Trinajstić information content (AvgIpc) is 2.28. The van der Waals surface area contributed by atoms with Crippen molar-refractivity contribution in [3.63, 3.8) is 0 Å². The van der Waals surface area contributed by atoms with Gasteiger partial charge in [-0.2, -0.15) is 13.2 Å². The summed E-state index contributed by atoms with van der Waals surface area (Å²) in [5.41, 5.74) is 0. The summed E-state index contributed by atoms with van der Waals surface area (Å²) in [7, 11) is 0. The number of aliphatic hydroxyl groups excluding tert-OH is 1. The largest absolute Gasteiger partial charge is 0.415 e. The first-order valence-electron chi connectivity index (χ1n) is 6.04. The Hall–Kier alpha value is -0.370. The molecule has 4 nitrogen and oxygen atoms in total. The van der Waals surface area contributed by atoms with Gasteiger partial charge in [-0.1, -0.05) is 0 Å². The van der Waals surface area contributed by atoms with Crippen LogP contribution in [0.3, 0.4) is 0 Å². The number of nitrogens with zero attached hydrogens (tertiary/aromatic N) is 1. The van der Waals surface area contributed by atoms with Gasteiger partial charge in [0.1, 0.15) is 0 Å². The zero-order valence-corrected chi connectivity index (χ0v) is 10.9. The highest BCUT2D eigenvalue weighted by atomic mass is 19.4. The third kappa shape index (κ3) is 8.68. The Morgan fingerprint density at radius 1 is 1.06 bits per heavy atom. The highest BCUT2D eigenvalue weighted by Gasteiger charge is 2.38. The van der Waals surface area contributed by atoms with E-state index >= 15 is 0 Å². The van der Waals surface area contributed by atoms with Crippen LogP contribution in [-0.2, 0) is 9.47 Å². The van der Waals surface area contributed by atoms with Crippen molar-refractivity contribution < 1.29 is 27.8 Å². The second-order valence-corrected chi connectivity index (χ2v) is 3.75. The fourth-order valence-corrected chi connectivity index (χ4v) is 1.32. The van der Waals surface area contributed by atoms with Crippen molar-refractivity contribution in [3.8, 4) is 0 Å². The number of alkyl halides is 3. The first-order valence-corrected chi connectivity index (χ1v) is 6.04. The quantitative estimate of drug-likeness (QED) is 0.609. The van der Waals surface area contributed by atoms with E-state index in [9.17, 15) is 13.2 Å². The second kappa shape index (κ2) is 9.55. The summed E-state index contributed by atoms with van der Waals surface area (Å²) in [5.74, 6) is 0. The number of hydrogen-bond donors (Lipinski definition) is 1. The van der Waals surface area contributed by atoms with Gasteiger partial charge in [0.05, 0.1) is 13.2 Å². The molecule has 0 saturated heterocycles. The molecule has 110 valence electrons. The molecule has 1 N–H and O–H groups in total. The van der Waals surface area contributed by atoms with Crippen molar-refractivity contribution in [1.29, 1.82) is 0 Å². The highest BCUT2D eigenvalue weighted by molar-refractivity contribution is 4.71. The smallest absolute Gasteiger partial charge is 0.382 e. The predicted octanol–water partition coefficient (Wildman–Crippen LogP) is 1.28. The number of hydrogen-bond acceptors (Lipinski definition) is 4. The maximum absolute atomic E-state index is 12.2. The predicted molar refractivity (Wildman–Crippen MR) is 61.5 cm³/mol. The lowest BCUT2D eigenvalue weighted by molar-refractivity contribution is -0.208. The molecular weight excluding hydrogens is 251 g/mol. The molecule has 1 unspecified atom stereocenters. The number of rotatable bonds is 10. The van der Waals surface area contributed by atoms with E-state index in [1.807, 2.05) is 13.8 Å². The Balaban J connectivity index is 4.10. The lowest BCUT2D eigenvalue weighted by Crippen LogP contribution is -2.43. The maximum Gasteiger partial charge on any atom is 0.415 e. The lowest BCUT2D eigenvalue weighted by Gasteiger charge is -2.25. The molecule has 7 heteroatoms. The van der Waals surface area contributed by atoms with E-state index < -0.39 is 18.8 Å². The second-order valence-electron chi connectivity index (χ2n) is 3.75. The zero-order chi connectivity index (χ0) is 14.0. The van der Waals surface area contributed by atoms with Gasteiger partial charge < -0.3 is 14.6 Å². The normalized spacial score (nSPS) is 14.2. The van der Waals surface area contributed by atoms with Gasteiger partial charge >= 0.3 is 6.18 Å². The van der Waals surface area contributed by atoms with Crippen molar-refractivity contribution in [2.45, 2.75) is 26.1 Å². The van der Waals surface area contributed by atoms with Crippen molar-refractivity contribution in [2.75, 3.05) is 46.1 Å². The van der Waals surface area contributed by atoms with Crippen LogP contribution in [0, 0.1) is 0 Å². The van der Waals surface area contributed by atoms with Crippen LogP contribution >= 0.6 is 0 Å². The molecule has 1 atom stereocenters. The number of ether oxygens (including phenoxy) is 2. The van der Waals surface area contributed by atoms with E-state index in [1.54, 1.807) is 0 Å². The van der Waals surface area contributed by atoms with Gasteiger partial charge in [0, 0.05) is 32.8 Å². The summed E-state index contributed by atoms with van der Waals surface area (Å²) in [6, 6.07) is 0. The monoisotopic (exact) mass is 273 g/mol. The van der Waals surface area contributed by atoms with Crippen LogP contribution in [-0.4, -0.2) is 68.3 Å². The Morgan fingerprint density at radius 2 is 1.50 bits per heavy atom. The van der Waals surface area contributed by atoms with Crippen molar-refractivity contribution in [1.82, 2.24) is 4.90 Å². The van der Waals surface area contributed by atoms with E-state index in [1.165, 1.54) is 4.90 Å². The SMILES string of the molecule is CCOCCN(CCOCC)CC(O)C(F)(F)F. The third-order valence-corrected chi connectivity index (χ3v) is 2.32. The molecular formula is C11H22F3NO3. The minimum atomic E-state index is -4.59. The van der Waals surface area contributed by atoms with Crippen LogP contribution < -0.4 is 0 Å². The summed E-state index contributed by atoms with van der Waals surface area (Å²) >= 11 is 0. The minimum Gasteiger partial charge on any atom is -0.382 e. The molecule has 0 bridgehead atoms. The summed E-state index contributed by atoms with van der Waals surface area (Å²) in [6.07, 6.45) is -6.92. The van der Waals surface area contributed by atoms with Crippen molar-refractivity contribution in [3.05, 3.63) is 0 Å². The number of halogens is 3. The Kier molecular flexibility index (Phi) is 9.35. The van der Waals surface area contributed by atoms with E-state index in [0.717, 1.165) is 0 Å². The summed E-state index contributed by atoms with van der Waals surface area (Å²) in [6.45, 7) is 5.57. The Bertz CT molecular complexity index is 192. The maximum atomic E-state index is 12.2. The Labute approximate surface area is 106 Å². The van der Waals surface area contributed by atoms with Crippen LogP contribution in [0.25, 0.3) is 0 Å². The van der Waals surface area contributed by atoms with Gasteiger partial charge in [-0.25, -0.2) is 0 Å². The van der Waals surface area contributed by atoms with Crippen molar-refractivity contribution in [2.24, 2.45) is 0 Å². The van der Waals surface area contributed by atoms with Crippen LogP contribution in [0.4, 0.5) is 13.2 Å². The van der Waals surface area contributed by atoms with Crippen LogP contribution in [0.15, 0.2) is 0 Å². The van der Waals surface area contributed by atoms with Crippen LogP contribution in [0.2, 0.25) is 0 Å². The molecule has 0 rings (SSSR count). The molecule has 0 spiro atoms. The van der Waals surface area contributed by atoms with Gasteiger partial charge in [-0.3, -0.25) is 4.90 Å². The molecule has 0 aromatic rings. The minimum absolute atomic E-state index is 0.340. The molecule has 18 heavy (non-hydrogen) atoms. The van der Waals surface area contributed by atoms with Crippen LogP contribution in [0.1, 0.15) is 13.8 Å². The van der Waals surface area contributed by atoms with Crippen molar-refractivity contribution >= 4 is 0 Å². The van der Waals surface area contributed by atoms with Gasteiger partial charge in [0.2, 0.25) is 0 Å². The molecule has 0 aliphatic rings. The molecule has 0 amide bonds. The van der Waals surface area contributed by atoms with E-state index in [2.05, 4.69) is 0 Å². The van der Waals surface area contributed by atoms with E-state index in [0.29, 0.717) is 39.5 Å². The van der Waals surface area contributed by atoms with E-state index in [4.69, 9.17) is 14.6 Å². The molecule has 0 aliphatic heterocycles. The molecule has 0 aromatic heterocycles. The standard InChI is InChI=1S/C11H22F3NO3/c1-3-17-7-5-15(6-8-18-4-2)9-10(16)11(12,13)14/h10,16H,3-9H2,1-2H3. The van der Waals surface area contributed by atoms with Crippen LogP contribution in [0.5, 0.6) is 0 Å². The summed E-state index contributed by atoms with van der Waals surface area (Å²) < 4.78 is 46.9. The molecule has 0 saturated carbocycles. The topological polar surface area (TPSA) is 41.9 Å². The molecule has 0 aliphatic carbocycles. The number of aliphatic hydroxyl groups is 1.